The number of thiophene rings is 1. The highest BCUT2D eigenvalue weighted by molar-refractivity contribution is 7.21. The molecule has 1 aliphatic carbocycles. The molecule has 2 aromatic heterocycles. The van der Waals surface area contributed by atoms with Crippen LogP contribution in [0.1, 0.15) is 58.8 Å². The van der Waals surface area contributed by atoms with Crippen LogP contribution in [0.4, 0.5) is 0 Å². The van der Waals surface area contributed by atoms with Gasteiger partial charge in [0, 0.05) is 38.3 Å². The molecule has 6 heteroatoms. The fourth-order valence-corrected chi connectivity index (χ4v) is 6.65. The Morgan fingerprint density at radius 2 is 1.94 bits per heavy atom. The quantitative estimate of drug-likeness (QED) is 0.557. The number of carboxylic acid groups (broad SMARTS) is 1. The van der Waals surface area contributed by atoms with E-state index in [0.29, 0.717) is 10.8 Å². The minimum atomic E-state index is -0.811. The second-order valence-corrected chi connectivity index (χ2v) is 10.7. The summed E-state index contributed by atoms with van der Waals surface area (Å²) in [6.07, 6.45) is 6.28. The number of benzene rings is 1. The van der Waals surface area contributed by atoms with E-state index >= 15 is 0 Å². The highest BCUT2D eigenvalue weighted by Gasteiger charge is 2.30. The van der Waals surface area contributed by atoms with Crippen molar-refractivity contribution in [2.45, 2.75) is 51.1 Å². The van der Waals surface area contributed by atoms with E-state index < -0.39 is 5.97 Å². The van der Waals surface area contributed by atoms with E-state index in [4.69, 9.17) is 0 Å². The van der Waals surface area contributed by atoms with Gasteiger partial charge in [0.25, 0.3) is 0 Å². The Balaban J connectivity index is 1.68. The van der Waals surface area contributed by atoms with Gasteiger partial charge in [0.15, 0.2) is 0 Å². The lowest BCUT2D eigenvalue weighted by Crippen LogP contribution is -2.35. The van der Waals surface area contributed by atoms with Gasteiger partial charge in [0.1, 0.15) is 4.88 Å². The van der Waals surface area contributed by atoms with Gasteiger partial charge in [-0.25, -0.2) is 4.79 Å². The molecule has 0 atom stereocenters. The lowest BCUT2D eigenvalue weighted by atomic mass is 9.82. The first kappa shape index (κ1) is 21.7. The minimum Gasteiger partial charge on any atom is -0.477 e. The van der Waals surface area contributed by atoms with Crippen LogP contribution in [-0.2, 0) is 13.1 Å². The van der Waals surface area contributed by atoms with Crippen LogP contribution in [0.5, 0.6) is 0 Å². The van der Waals surface area contributed by atoms with E-state index in [1.807, 2.05) is 6.07 Å². The van der Waals surface area contributed by atoms with E-state index in [2.05, 4.69) is 52.7 Å². The van der Waals surface area contributed by atoms with Crippen molar-refractivity contribution in [2.24, 2.45) is 0 Å². The van der Waals surface area contributed by atoms with Crippen LogP contribution in [-0.4, -0.2) is 59.2 Å². The first-order chi connectivity index (χ1) is 15.5. The first-order valence-electron chi connectivity index (χ1n) is 11.9. The lowest BCUT2D eigenvalue weighted by molar-refractivity contribution is 0.0702. The third-order valence-corrected chi connectivity index (χ3v) is 8.31. The normalized spacial score (nSPS) is 17.8. The van der Waals surface area contributed by atoms with Crippen LogP contribution in [0.2, 0.25) is 0 Å². The van der Waals surface area contributed by atoms with Gasteiger partial charge in [-0.3, -0.25) is 4.90 Å². The number of aromatic nitrogens is 1. The van der Waals surface area contributed by atoms with Crippen LogP contribution in [0.25, 0.3) is 21.5 Å². The van der Waals surface area contributed by atoms with Crippen molar-refractivity contribution in [3.63, 3.8) is 0 Å². The Kier molecular flexibility index (Phi) is 6.10. The molecule has 3 heterocycles. The number of hydrogen-bond acceptors (Lipinski definition) is 4. The number of aromatic carboxylic acids is 1. The molecule has 0 spiro atoms. The van der Waals surface area contributed by atoms with E-state index in [-0.39, 0.29) is 0 Å². The van der Waals surface area contributed by atoms with Crippen molar-refractivity contribution in [3.05, 3.63) is 46.3 Å². The van der Waals surface area contributed by atoms with Crippen LogP contribution in [0.3, 0.4) is 0 Å². The maximum absolute atomic E-state index is 11.8. The zero-order chi connectivity index (χ0) is 22.2. The monoisotopic (exact) mass is 451 g/mol. The van der Waals surface area contributed by atoms with Gasteiger partial charge in [-0.05, 0) is 50.0 Å². The van der Waals surface area contributed by atoms with Gasteiger partial charge in [-0.2, -0.15) is 0 Å². The van der Waals surface area contributed by atoms with Crippen LogP contribution >= 0.6 is 11.3 Å². The molecule has 170 valence electrons. The molecular formula is C26H33N3O2S. The van der Waals surface area contributed by atoms with Crippen LogP contribution in [0, 0.1) is 0 Å². The SMILES string of the molecule is CN(C)CCN1CCn2c(c(C3CCCCC3)c3sc(C(=O)O)cc32)-c2ccccc2C1. The van der Waals surface area contributed by atoms with E-state index in [1.165, 1.54) is 70.5 Å². The molecule has 0 amide bonds. The molecule has 0 radical (unpaired) electrons. The summed E-state index contributed by atoms with van der Waals surface area (Å²) in [6.45, 7) is 4.90. The summed E-state index contributed by atoms with van der Waals surface area (Å²) >= 11 is 1.48. The van der Waals surface area contributed by atoms with Gasteiger partial charge < -0.3 is 14.6 Å². The van der Waals surface area contributed by atoms with Gasteiger partial charge in [0.05, 0.1) is 15.9 Å². The summed E-state index contributed by atoms with van der Waals surface area (Å²) in [5, 5.41) is 9.72. The Bertz CT molecular complexity index is 1120. The molecule has 0 bridgehead atoms. The molecule has 1 aromatic carbocycles. The summed E-state index contributed by atoms with van der Waals surface area (Å²) in [7, 11) is 4.25. The fraction of sp³-hybridized carbons (Fsp3) is 0.500. The number of carbonyl (C=O) groups is 1. The molecule has 1 saturated carbocycles. The third-order valence-electron chi connectivity index (χ3n) is 7.17. The average Bonchev–Trinajstić information content (AvgIpc) is 3.32. The number of nitrogens with zero attached hydrogens (tertiary/aromatic N) is 3. The smallest absolute Gasteiger partial charge is 0.345 e. The fourth-order valence-electron chi connectivity index (χ4n) is 5.53. The standard InChI is InChI=1S/C26H33N3O2S/c1-27(2)12-13-28-14-15-29-21-16-22(26(30)31)32-25(21)23(18-8-4-3-5-9-18)24(29)20-11-7-6-10-19(20)17-28/h6-7,10-11,16,18H,3-5,8-9,12-15,17H2,1-2H3,(H,30,31). The number of carboxylic acids is 1. The molecule has 2 aliphatic rings. The molecule has 1 fully saturated rings. The molecule has 0 saturated heterocycles. The predicted molar refractivity (Wildman–Crippen MR) is 132 cm³/mol. The average molecular weight is 452 g/mol. The Hall–Kier alpha value is -2.15. The Labute approximate surface area is 194 Å². The summed E-state index contributed by atoms with van der Waals surface area (Å²) in [4.78, 5) is 17.1. The molecule has 1 N–H and O–H groups in total. The maximum atomic E-state index is 11.8. The van der Waals surface area contributed by atoms with Crippen LogP contribution in [0.15, 0.2) is 30.3 Å². The van der Waals surface area contributed by atoms with Gasteiger partial charge in [-0.1, -0.05) is 43.5 Å². The maximum Gasteiger partial charge on any atom is 0.345 e. The van der Waals surface area contributed by atoms with E-state index in [9.17, 15) is 9.90 Å². The molecule has 1 aliphatic heterocycles. The number of fused-ring (bicyclic) bond motifs is 5. The van der Waals surface area contributed by atoms with Crippen molar-refractivity contribution < 1.29 is 9.90 Å². The highest BCUT2D eigenvalue weighted by Crippen LogP contribution is 2.47. The summed E-state index contributed by atoms with van der Waals surface area (Å²) in [5.74, 6) is -0.283. The second kappa shape index (κ2) is 9.00. The summed E-state index contributed by atoms with van der Waals surface area (Å²) in [5.41, 5.74) is 6.62. The summed E-state index contributed by atoms with van der Waals surface area (Å²) < 4.78 is 3.66. The van der Waals surface area contributed by atoms with Crippen LogP contribution < -0.4 is 0 Å². The van der Waals surface area contributed by atoms with E-state index in [1.54, 1.807) is 0 Å². The van der Waals surface area contributed by atoms with Crippen molar-refractivity contribution >= 4 is 27.5 Å². The molecule has 3 aromatic rings. The largest absolute Gasteiger partial charge is 0.477 e. The van der Waals surface area contributed by atoms with Crippen molar-refractivity contribution in [1.29, 1.82) is 0 Å². The minimum absolute atomic E-state index is 0.460. The molecule has 5 nitrogen and oxygen atoms in total. The van der Waals surface area contributed by atoms with E-state index in [0.717, 1.165) is 38.2 Å². The molecule has 32 heavy (non-hydrogen) atoms. The Morgan fingerprint density at radius 1 is 1.16 bits per heavy atom. The Morgan fingerprint density at radius 3 is 2.69 bits per heavy atom. The zero-order valence-electron chi connectivity index (χ0n) is 19.1. The van der Waals surface area contributed by atoms with Crippen molar-refractivity contribution in [2.75, 3.05) is 33.7 Å². The first-order valence-corrected chi connectivity index (χ1v) is 12.7. The predicted octanol–water partition coefficient (Wildman–Crippen LogP) is 5.49. The van der Waals surface area contributed by atoms with Crippen molar-refractivity contribution in [1.82, 2.24) is 14.4 Å². The third kappa shape index (κ3) is 4.00. The second-order valence-electron chi connectivity index (χ2n) is 9.62. The van der Waals surface area contributed by atoms with Gasteiger partial charge in [-0.15, -0.1) is 11.3 Å². The van der Waals surface area contributed by atoms with Crippen molar-refractivity contribution in [3.8, 4) is 11.3 Å². The molecular weight excluding hydrogens is 418 g/mol. The number of hydrogen-bond donors (Lipinski definition) is 1. The molecule has 5 rings (SSSR count). The number of rotatable bonds is 5. The number of likely N-dealkylation sites (N-methyl/N-ethyl adjacent to an activating group) is 1. The topological polar surface area (TPSA) is 48.7 Å². The zero-order valence-corrected chi connectivity index (χ0v) is 20.0. The molecule has 0 unspecified atom stereocenters. The summed E-state index contributed by atoms with van der Waals surface area (Å²) in [6, 6.07) is 10.8. The highest BCUT2D eigenvalue weighted by atomic mass is 32.1. The lowest BCUT2D eigenvalue weighted by Gasteiger charge is -2.30. The van der Waals surface area contributed by atoms with Gasteiger partial charge >= 0.3 is 5.97 Å². The van der Waals surface area contributed by atoms with Gasteiger partial charge in [0.2, 0.25) is 0 Å².